The minimum absolute atomic E-state index is 1.12. The lowest BCUT2D eigenvalue weighted by atomic mass is 9.96. The molecule has 0 saturated carbocycles. The van der Waals surface area contributed by atoms with Crippen molar-refractivity contribution < 1.29 is 0 Å². The van der Waals surface area contributed by atoms with Gasteiger partial charge in [-0.2, -0.15) is 0 Å². The Morgan fingerprint density at radius 2 is 0.788 bits per heavy atom. The topological polar surface area (TPSA) is 8.82 Å². The summed E-state index contributed by atoms with van der Waals surface area (Å²) in [6, 6.07) is 56.5. The lowest BCUT2D eigenvalue weighted by Gasteiger charge is -2.09. The molecule has 0 amide bonds. The van der Waals surface area contributed by atoms with Crippen LogP contribution in [0, 0.1) is 0 Å². The average molecular weight is 661 g/mol. The number of benzene rings is 7. The summed E-state index contributed by atoms with van der Waals surface area (Å²) in [5, 5.41) is 7.82. The summed E-state index contributed by atoms with van der Waals surface area (Å²) in [6.45, 7) is 0. The normalized spacial score (nSPS) is 13.7. The zero-order valence-electron chi connectivity index (χ0n) is 28.5. The second-order valence-corrected chi connectivity index (χ2v) is 14.4. The maximum atomic E-state index is 2.56. The van der Waals surface area contributed by atoms with Crippen LogP contribution in [0.1, 0.15) is 18.4 Å². The van der Waals surface area contributed by atoms with Gasteiger partial charge in [0.2, 0.25) is 0 Å². The minimum atomic E-state index is 1.12. The van der Waals surface area contributed by atoms with Gasteiger partial charge in [-0.25, -0.2) is 0 Å². The summed E-state index contributed by atoms with van der Waals surface area (Å²) in [5.74, 6) is 0. The third kappa shape index (κ3) is 3.79. The molecule has 1 aliphatic carbocycles. The van der Waals surface area contributed by atoms with Crippen LogP contribution in [0.5, 0.6) is 0 Å². The van der Waals surface area contributed by atoms with Crippen LogP contribution in [0.4, 0.5) is 0 Å². The smallest absolute Gasteiger partial charge is 0.0804 e. The van der Waals surface area contributed by atoms with Crippen LogP contribution >= 0.6 is 0 Å². The van der Waals surface area contributed by atoms with E-state index in [0.717, 1.165) is 12.8 Å². The maximum absolute atomic E-state index is 2.56. The monoisotopic (exact) mass is 660 g/mol. The van der Waals surface area contributed by atoms with E-state index in [-0.39, 0.29) is 0 Å². The molecule has 4 heterocycles. The number of aromatic nitrogens is 2. The van der Waals surface area contributed by atoms with Gasteiger partial charge in [-0.3, -0.25) is 0 Å². The summed E-state index contributed by atoms with van der Waals surface area (Å²) >= 11 is 0. The summed E-state index contributed by atoms with van der Waals surface area (Å²) in [6.07, 6.45) is 9.14. The van der Waals surface area contributed by atoms with Crippen LogP contribution in [0.25, 0.3) is 104 Å². The minimum Gasteiger partial charge on any atom is -0.306 e. The zero-order valence-corrected chi connectivity index (χ0v) is 28.5. The van der Waals surface area contributed by atoms with Gasteiger partial charge in [0.25, 0.3) is 0 Å². The highest BCUT2D eigenvalue weighted by Crippen LogP contribution is 2.47. The standard InChI is InChI=1S/C50H32N2/c1-3-9-31(10-4-1)33-17-21-35(22-18-33)37-25-27-39-41-13-7-15-43-47(41)51(45(39)29-37)49-44-16-8-14-42-40-28-26-38(30-46(40)52(48(42)44)50(43)49)36-23-19-34(20-24-36)32-11-5-2-6-12-32/h1,3-5,7-30H,2,6H2. The highest BCUT2D eigenvalue weighted by Gasteiger charge is 2.26. The van der Waals surface area contributed by atoms with E-state index < -0.39 is 0 Å². The number of allylic oxidation sites excluding steroid dienone is 4. The molecule has 2 nitrogen and oxygen atoms in total. The van der Waals surface area contributed by atoms with Gasteiger partial charge in [0.15, 0.2) is 0 Å². The first kappa shape index (κ1) is 28.1. The third-order valence-electron chi connectivity index (χ3n) is 11.6. The summed E-state index contributed by atoms with van der Waals surface area (Å²) in [5.41, 5.74) is 17.8. The lowest BCUT2D eigenvalue weighted by Crippen LogP contribution is -1.87. The van der Waals surface area contributed by atoms with Crippen LogP contribution in [-0.4, -0.2) is 8.80 Å². The lowest BCUT2D eigenvalue weighted by molar-refractivity contribution is 1.04. The van der Waals surface area contributed by atoms with E-state index in [1.165, 1.54) is 110 Å². The molecule has 0 spiro atoms. The Morgan fingerprint density at radius 1 is 0.327 bits per heavy atom. The van der Waals surface area contributed by atoms with Gasteiger partial charge in [0, 0.05) is 32.3 Å². The summed E-state index contributed by atoms with van der Waals surface area (Å²) < 4.78 is 5.12. The Bertz CT molecular complexity index is 3240. The van der Waals surface area contributed by atoms with Gasteiger partial charge in [0.05, 0.1) is 33.1 Å². The molecule has 0 radical (unpaired) electrons. The first-order valence-electron chi connectivity index (χ1n) is 18.3. The van der Waals surface area contributed by atoms with Crippen LogP contribution in [0.15, 0.2) is 170 Å². The second kappa shape index (κ2) is 10.4. The Kier molecular flexibility index (Phi) is 5.64. The first-order valence-corrected chi connectivity index (χ1v) is 18.3. The van der Waals surface area contributed by atoms with E-state index >= 15 is 0 Å². The van der Waals surface area contributed by atoms with Crippen molar-refractivity contribution in [1.82, 2.24) is 8.80 Å². The van der Waals surface area contributed by atoms with Crippen molar-refractivity contribution in [2.45, 2.75) is 12.8 Å². The van der Waals surface area contributed by atoms with Gasteiger partial charge in [-0.1, -0.05) is 158 Å². The van der Waals surface area contributed by atoms with Crippen molar-refractivity contribution in [3.63, 3.8) is 0 Å². The van der Waals surface area contributed by atoms with Gasteiger partial charge >= 0.3 is 0 Å². The Hall–Kier alpha value is -6.64. The van der Waals surface area contributed by atoms with Crippen molar-refractivity contribution in [2.24, 2.45) is 0 Å². The number of nitrogens with zero attached hydrogens (tertiary/aromatic N) is 2. The fourth-order valence-corrected chi connectivity index (χ4v) is 9.22. The molecular formula is C50H32N2. The Labute approximate surface area is 300 Å². The average Bonchev–Trinajstić information content (AvgIpc) is 3.94. The molecule has 0 atom stereocenters. The maximum Gasteiger partial charge on any atom is 0.0804 e. The summed E-state index contributed by atoms with van der Waals surface area (Å²) in [7, 11) is 0. The van der Waals surface area contributed by atoms with E-state index in [2.05, 4.69) is 179 Å². The van der Waals surface area contributed by atoms with Gasteiger partial charge in [-0.15, -0.1) is 0 Å². The van der Waals surface area contributed by atoms with Crippen LogP contribution in [-0.2, 0) is 0 Å². The highest BCUT2D eigenvalue weighted by atomic mass is 15.0. The number of hydrogen-bond donors (Lipinski definition) is 0. The largest absolute Gasteiger partial charge is 0.306 e. The molecule has 4 aromatic heterocycles. The van der Waals surface area contributed by atoms with Crippen molar-refractivity contribution in [1.29, 1.82) is 0 Å². The molecule has 0 aliphatic heterocycles. The molecule has 12 rings (SSSR count). The van der Waals surface area contributed by atoms with Crippen LogP contribution in [0.2, 0.25) is 0 Å². The fraction of sp³-hybridized carbons (Fsp3) is 0.0400. The van der Waals surface area contributed by atoms with Gasteiger partial charge < -0.3 is 8.80 Å². The molecule has 2 heteroatoms. The van der Waals surface area contributed by atoms with Gasteiger partial charge in [-0.05, 0) is 69.5 Å². The number of fused-ring (bicyclic) bond motifs is 11. The van der Waals surface area contributed by atoms with Crippen molar-refractivity contribution in [3.05, 3.63) is 175 Å². The van der Waals surface area contributed by atoms with E-state index in [1.54, 1.807) is 0 Å². The molecule has 0 saturated heterocycles. The zero-order chi connectivity index (χ0) is 33.9. The Morgan fingerprint density at radius 3 is 1.31 bits per heavy atom. The molecule has 0 unspecified atom stereocenters. The molecule has 7 aromatic carbocycles. The second-order valence-electron chi connectivity index (χ2n) is 14.4. The van der Waals surface area contributed by atoms with Crippen molar-refractivity contribution in [3.8, 4) is 33.4 Å². The molecule has 0 N–H and O–H groups in total. The van der Waals surface area contributed by atoms with E-state index in [9.17, 15) is 0 Å². The molecule has 52 heavy (non-hydrogen) atoms. The molecule has 242 valence electrons. The van der Waals surface area contributed by atoms with E-state index in [1.807, 2.05) is 0 Å². The van der Waals surface area contributed by atoms with Crippen molar-refractivity contribution in [2.75, 3.05) is 0 Å². The predicted octanol–water partition coefficient (Wildman–Crippen LogP) is 13.6. The number of para-hydroxylation sites is 2. The predicted molar refractivity (Wildman–Crippen MR) is 221 cm³/mol. The van der Waals surface area contributed by atoms with Crippen LogP contribution < -0.4 is 0 Å². The molecular weight excluding hydrogens is 629 g/mol. The SMILES string of the molecule is C1=CC(c2ccc(-c3ccc4c5cccc6c5n(c4c3)c3c4cccc5c7ccc(-c8ccc(-c9ccccc9)cc8)cc7n(c54)c63)cc2)=CCC1. The number of rotatable bonds is 4. The van der Waals surface area contributed by atoms with E-state index in [0.29, 0.717) is 0 Å². The molecule has 11 aromatic rings. The first-order chi connectivity index (χ1) is 25.8. The summed E-state index contributed by atoms with van der Waals surface area (Å²) in [4.78, 5) is 0. The molecule has 0 fully saturated rings. The third-order valence-corrected chi connectivity index (χ3v) is 11.6. The molecule has 1 aliphatic rings. The quantitative estimate of drug-likeness (QED) is 0.178. The molecule has 0 bridgehead atoms. The van der Waals surface area contributed by atoms with E-state index in [4.69, 9.17) is 0 Å². The Balaban J connectivity index is 1.08. The van der Waals surface area contributed by atoms with Crippen molar-refractivity contribution >= 4 is 71.0 Å². The number of hydrogen-bond acceptors (Lipinski definition) is 0. The fourth-order valence-electron chi connectivity index (χ4n) is 9.22. The highest BCUT2D eigenvalue weighted by molar-refractivity contribution is 6.32. The van der Waals surface area contributed by atoms with Crippen LogP contribution in [0.3, 0.4) is 0 Å². The van der Waals surface area contributed by atoms with Gasteiger partial charge in [0.1, 0.15) is 0 Å².